The third-order valence-corrected chi connectivity index (χ3v) is 12.1. The Bertz CT molecular complexity index is 2390. The van der Waals surface area contributed by atoms with Gasteiger partial charge in [-0.05, 0) is 54.8 Å². The fourth-order valence-electron chi connectivity index (χ4n) is 6.75. The summed E-state index contributed by atoms with van der Waals surface area (Å²) in [6, 6.07) is 9.32. The van der Waals surface area contributed by atoms with Gasteiger partial charge in [0.2, 0.25) is 4.91 Å². The first-order valence-electron chi connectivity index (χ1n) is 16.2. The van der Waals surface area contributed by atoms with Crippen LogP contribution in [-0.4, -0.2) is 70.2 Å². The predicted octanol–water partition coefficient (Wildman–Crippen LogP) is 3.22. The fourth-order valence-corrected chi connectivity index (χ4v) is 8.36. The van der Waals surface area contributed by atoms with Crippen molar-refractivity contribution in [2.45, 2.75) is 74.2 Å². The van der Waals surface area contributed by atoms with Crippen LogP contribution in [0.5, 0.6) is 11.5 Å². The zero-order valence-corrected chi connectivity index (χ0v) is 30.5. The van der Waals surface area contributed by atoms with Crippen molar-refractivity contribution in [3.63, 3.8) is 0 Å². The number of nitrogens with one attached hydrogen (secondary N) is 3. The number of rotatable bonds is 10. The molecule has 1 amide bonds. The largest absolute Gasteiger partial charge is 0.453 e. The Kier molecular flexibility index (Phi) is 8.97. The number of ether oxygens (including phenoxy) is 2. The van der Waals surface area contributed by atoms with Gasteiger partial charge in [-0.25, -0.2) is 0 Å². The third kappa shape index (κ3) is 6.13. The lowest BCUT2D eigenvalue weighted by atomic mass is 9.78. The van der Waals surface area contributed by atoms with E-state index in [4.69, 9.17) is 15.0 Å². The van der Waals surface area contributed by atoms with Gasteiger partial charge in [-0.2, -0.15) is 16.8 Å². The molecule has 3 aliphatic rings. The average molecular weight is 740 g/mol. The number of anilines is 1. The SMILES string of the molecule is CC1N=c2c(cc3c(c2S(=O)(=O)O)Oc2c(cc4c(c2S(=O)(=O)O)NC(C)C4(C)C)C=3c2ccc(C(=O)NCCOCCN=[N+]=N)cc2)C1(C)C. The van der Waals surface area contributed by atoms with E-state index in [1.165, 1.54) is 0 Å². The van der Waals surface area contributed by atoms with Crippen LogP contribution in [0, 0.1) is 5.53 Å². The van der Waals surface area contributed by atoms with Crippen LogP contribution in [0.4, 0.5) is 5.69 Å². The summed E-state index contributed by atoms with van der Waals surface area (Å²) < 4.78 is 85.7. The van der Waals surface area contributed by atoms with Crippen LogP contribution in [0.1, 0.15) is 74.2 Å². The number of carbonyl (C=O) groups is 1. The first kappa shape index (κ1) is 36.3. The third-order valence-electron chi connectivity index (χ3n) is 10.3. The highest BCUT2D eigenvalue weighted by Crippen LogP contribution is 2.52. The van der Waals surface area contributed by atoms with Crippen LogP contribution in [0.15, 0.2) is 56.3 Å². The van der Waals surface area contributed by atoms with Crippen LogP contribution in [0.25, 0.3) is 5.57 Å². The maximum absolute atomic E-state index is 13.2. The Morgan fingerprint density at radius 2 is 1.67 bits per heavy atom. The summed E-state index contributed by atoms with van der Waals surface area (Å²) in [6.45, 7) is 12.3. The van der Waals surface area contributed by atoms with Crippen LogP contribution >= 0.6 is 0 Å². The zero-order chi connectivity index (χ0) is 37.3. The second kappa shape index (κ2) is 12.6. The molecule has 270 valence electrons. The Morgan fingerprint density at radius 3 is 2.29 bits per heavy atom. The van der Waals surface area contributed by atoms with Gasteiger partial charge in [0, 0.05) is 45.3 Å². The maximum atomic E-state index is 13.2. The molecule has 0 saturated heterocycles. The van der Waals surface area contributed by atoms with Crippen LogP contribution in [-0.2, 0) is 35.8 Å². The molecule has 3 aromatic rings. The van der Waals surface area contributed by atoms with E-state index in [1.807, 2.05) is 41.5 Å². The van der Waals surface area contributed by atoms with E-state index in [9.17, 15) is 30.7 Å². The molecule has 0 bridgehead atoms. The summed E-state index contributed by atoms with van der Waals surface area (Å²) in [4.78, 5) is 19.3. The quantitative estimate of drug-likeness (QED) is 0.0690. The van der Waals surface area contributed by atoms with E-state index < -0.39 is 40.9 Å². The molecule has 0 aliphatic carbocycles. The molecule has 51 heavy (non-hydrogen) atoms. The smallest absolute Gasteiger partial charge is 0.300 e. The minimum Gasteiger partial charge on any atom is -0.453 e. The van der Waals surface area contributed by atoms with Gasteiger partial charge in [-0.15, -0.1) is 0 Å². The number of hydrogen-bond acceptors (Lipinski definition) is 11. The highest BCUT2D eigenvalue weighted by atomic mass is 32.2. The molecule has 6 rings (SSSR count). The second-order valence-corrected chi connectivity index (χ2v) is 16.7. The van der Waals surface area contributed by atoms with E-state index >= 15 is 0 Å². The van der Waals surface area contributed by atoms with E-state index in [1.54, 1.807) is 36.4 Å². The topological polar surface area (TPSA) is 231 Å². The lowest BCUT2D eigenvalue weighted by Gasteiger charge is -2.29. The molecule has 5 N–H and O–H groups in total. The molecule has 3 heterocycles. The van der Waals surface area contributed by atoms with Gasteiger partial charge in [0.05, 0.1) is 30.3 Å². The molecular weight excluding hydrogens is 701 g/mol. The van der Waals surface area contributed by atoms with Gasteiger partial charge in [0.25, 0.3) is 26.1 Å². The summed E-state index contributed by atoms with van der Waals surface area (Å²) in [6.07, 6.45) is 0. The number of nitrogens with zero attached hydrogens (tertiary/aromatic N) is 3. The highest BCUT2D eigenvalue weighted by molar-refractivity contribution is 7.86. The number of hydrogen-bond donors (Lipinski definition) is 5. The van der Waals surface area contributed by atoms with Gasteiger partial charge in [-0.1, -0.05) is 39.8 Å². The first-order valence-corrected chi connectivity index (χ1v) is 19.1. The molecule has 0 saturated carbocycles. The van der Waals surface area contributed by atoms with Crippen LogP contribution in [0.2, 0.25) is 0 Å². The van der Waals surface area contributed by atoms with Crippen molar-refractivity contribution in [3.8, 4) is 11.5 Å². The van der Waals surface area contributed by atoms with Gasteiger partial charge in [0.1, 0.15) is 17.2 Å². The summed E-state index contributed by atoms with van der Waals surface area (Å²) in [5.41, 5.74) is 8.06. The van der Waals surface area contributed by atoms with Gasteiger partial charge in [0.15, 0.2) is 21.3 Å². The standard InChI is InChI=1S/C34H38N6O9S2/c1-17-33(3,4)23-15-21-25(19-7-9-20(10-8-19)32(41)36-11-13-48-14-12-37-40-35)22-16-24-27(39-18(2)34(24,5)6)31(51(45,46)47)29(22)49-28(21)30(26(23)38-17)50(42,43)44/h7-10,15-18,35H,11-14H2,1-6H3,(H3-,36,38,39,41,42,43,44,45,46,47)/p+1. The second-order valence-electron chi connectivity index (χ2n) is 13.9. The van der Waals surface area contributed by atoms with Gasteiger partial charge < -0.3 is 20.1 Å². The Hall–Kier alpha value is -4.51. The molecule has 3 aromatic carbocycles. The lowest BCUT2D eigenvalue weighted by Crippen LogP contribution is -2.33. The molecular formula is C34H39N6O9S2+. The first-order chi connectivity index (χ1) is 23.8. The highest BCUT2D eigenvalue weighted by Gasteiger charge is 2.45. The van der Waals surface area contributed by atoms with Crippen LogP contribution in [0.3, 0.4) is 0 Å². The molecule has 15 nitrogen and oxygen atoms in total. The minimum absolute atomic E-state index is 0.00998. The fraction of sp³-hybridized carbons (Fsp3) is 0.412. The van der Waals surface area contributed by atoms with Crippen molar-refractivity contribution in [3.05, 3.63) is 74.8 Å². The molecule has 17 heteroatoms. The van der Waals surface area contributed by atoms with Crippen molar-refractivity contribution in [1.82, 2.24) is 10.2 Å². The predicted molar refractivity (Wildman–Crippen MR) is 185 cm³/mol. The molecule has 0 spiro atoms. The summed E-state index contributed by atoms with van der Waals surface area (Å²) >= 11 is 0. The van der Waals surface area contributed by atoms with Gasteiger partial charge >= 0.3 is 0 Å². The van der Waals surface area contributed by atoms with E-state index in [2.05, 4.69) is 25.7 Å². The van der Waals surface area contributed by atoms with E-state index in [0.29, 0.717) is 27.8 Å². The lowest BCUT2D eigenvalue weighted by molar-refractivity contribution is 0.0919. The van der Waals surface area contributed by atoms with Crippen molar-refractivity contribution >= 4 is 37.4 Å². The van der Waals surface area contributed by atoms with Crippen molar-refractivity contribution < 1.29 is 40.2 Å². The number of carbonyl (C=O) groups excluding carboxylic acids is 1. The summed E-state index contributed by atoms with van der Waals surface area (Å²) in [7, 11) is -10.0. The minimum atomic E-state index is -5.02. The molecule has 2 unspecified atom stereocenters. The molecule has 0 fully saturated rings. The monoisotopic (exact) mass is 739 g/mol. The molecule has 0 radical (unpaired) electrons. The van der Waals surface area contributed by atoms with Crippen LogP contribution < -0.4 is 30.9 Å². The zero-order valence-electron chi connectivity index (χ0n) is 28.9. The summed E-state index contributed by atoms with van der Waals surface area (Å²) in [5, 5.41) is 9.68. The summed E-state index contributed by atoms with van der Waals surface area (Å²) in [5.74, 6) is -1.04. The van der Waals surface area contributed by atoms with Crippen molar-refractivity contribution in [2.24, 2.45) is 10.1 Å². The molecule has 3 aliphatic heterocycles. The number of benzene rings is 3. The average Bonchev–Trinajstić information content (AvgIpc) is 3.40. The Morgan fingerprint density at radius 1 is 1.00 bits per heavy atom. The maximum Gasteiger partial charge on any atom is 0.300 e. The van der Waals surface area contributed by atoms with E-state index in [0.717, 1.165) is 0 Å². The number of amides is 1. The van der Waals surface area contributed by atoms with Gasteiger partial charge in [-0.3, -0.25) is 18.9 Å². The van der Waals surface area contributed by atoms with Crippen molar-refractivity contribution in [1.29, 1.82) is 5.53 Å². The van der Waals surface area contributed by atoms with Crippen molar-refractivity contribution in [2.75, 3.05) is 31.6 Å². The normalized spacial score (nSPS) is 19.3. The molecule has 2 atom stereocenters. The number of fused-ring (bicyclic) bond motifs is 4. The Labute approximate surface area is 294 Å². The molecule has 0 aromatic heterocycles. The van der Waals surface area contributed by atoms with E-state index in [-0.39, 0.29) is 77.6 Å². The Balaban J connectivity index is 1.60.